The minimum absolute atomic E-state index is 0.191. The molecule has 0 aliphatic rings. The summed E-state index contributed by atoms with van der Waals surface area (Å²) in [6, 6.07) is 20.5. The van der Waals surface area contributed by atoms with Crippen molar-refractivity contribution in [2.45, 2.75) is 0 Å². The molecular formula is C22H17N3O2S. The summed E-state index contributed by atoms with van der Waals surface area (Å²) in [4.78, 5) is 21.6. The van der Waals surface area contributed by atoms with Crippen molar-refractivity contribution >= 4 is 22.9 Å². The molecular weight excluding hydrogens is 370 g/mol. The summed E-state index contributed by atoms with van der Waals surface area (Å²) >= 11 is 1.54. The lowest BCUT2D eigenvalue weighted by Crippen LogP contribution is -2.11. The maximum Gasteiger partial charge on any atom is 0.255 e. The molecule has 0 radical (unpaired) electrons. The van der Waals surface area contributed by atoms with Crippen molar-refractivity contribution in [1.82, 2.24) is 9.97 Å². The van der Waals surface area contributed by atoms with E-state index in [0.29, 0.717) is 17.0 Å². The average molecular weight is 387 g/mol. The van der Waals surface area contributed by atoms with E-state index in [0.717, 1.165) is 22.0 Å². The van der Waals surface area contributed by atoms with Gasteiger partial charge in [-0.1, -0.05) is 24.3 Å². The summed E-state index contributed by atoms with van der Waals surface area (Å²) in [7, 11) is 1.58. The smallest absolute Gasteiger partial charge is 0.255 e. The Morgan fingerprint density at radius 1 is 1.00 bits per heavy atom. The molecule has 2 heterocycles. The van der Waals surface area contributed by atoms with Crippen molar-refractivity contribution in [3.63, 3.8) is 0 Å². The summed E-state index contributed by atoms with van der Waals surface area (Å²) in [6.45, 7) is 0. The maximum absolute atomic E-state index is 12.5. The van der Waals surface area contributed by atoms with Crippen LogP contribution in [0.3, 0.4) is 0 Å². The number of ether oxygens (including phenoxy) is 1. The van der Waals surface area contributed by atoms with Crippen molar-refractivity contribution in [3.8, 4) is 27.7 Å². The first-order valence-electron chi connectivity index (χ1n) is 8.66. The molecule has 2 aromatic carbocycles. The van der Waals surface area contributed by atoms with Crippen molar-refractivity contribution in [1.29, 1.82) is 0 Å². The fourth-order valence-electron chi connectivity index (χ4n) is 2.74. The number of rotatable bonds is 5. The summed E-state index contributed by atoms with van der Waals surface area (Å²) in [5.74, 6) is 0.453. The van der Waals surface area contributed by atoms with Gasteiger partial charge in [-0.25, -0.2) is 4.98 Å². The number of pyridine rings is 1. The van der Waals surface area contributed by atoms with Gasteiger partial charge >= 0.3 is 0 Å². The number of amides is 1. The number of carbonyl (C=O) groups is 1. The molecule has 0 saturated carbocycles. The van der Waals surface area contributed by atoms with E-state index in [9.17, 15) is 4.79 Å². The summed E-state index contributed by atoms with van der Waals surface area (Å²) in [6.07, 6.45) is 1.76. The van der Waals surface area contributed by atoms with Gasteiger partial charge in [0.2, 0.25) is 0 Å². The molecule has 0 atom stereocenters. The van der Waals surface area contributed by atoms with Crippen LogP contribution < -0.4 is 10.1 Å². The molecule has 0 unspecified atom stereocenters. The van der Waals surface area contributed by atoms with Crippen molar-refractivity contribution < 1.29 is 9.53 Å². The number of hydrogen-bond acceptors (Lipinski definition) is 5. The summed E-state index contributed by atoms with van der Waals surface area (Å²) in [5.41, 5.74) is 3.87. The van der Waals surface area contributed by atoms with Gasteiger partial charge in [0.25, 0.3) is 5.91 Å². The number of thiazole rings is 1. The van der Waals surface area contributed by atoms with Crippen LogP contribution in [0.4, 0.5) is 5.69 Å². The predicted octanol–water partition coefficient (Wildman–Crippen LogP) is 5.13. The second-order valence-corrected chi connectivity index (χ2v) is 6.88. The zero-order valence-electron chi connectivity index (χ0n) is 15.1. The highest BCUT2D eigenvalue weighted by Gasteiger charge is 2.10. The topological polar surface area (TPSA) is 64.1 Å². The van der Waals surface area contributed by atoms with E-state index in [2.05, 4.69) is 15.3 Å². The van der Waals surface area contributed by atoms with Crippen molar-refractivity contribution in [2.24, 2.45) is 0 Å². The number of nitrogens with one attached hydrogen (secondary N) is 1. The SMILES string of the molecule is COc1cccc(C(=O)Nc2cccc(-c3csc(-c4ccccn4)n3)c2)c1. The minimum atomic E-state index is -0.191. The number of methoxy groups -OCH3 is 1. The van der Waals surface area contributed by atoms with E-state index in [1.54, 1.807) is 48.9 Å². The molecule has 4 rings (SSSR count). The van der Waals surface area contributed by atoms with Gasteiger partial charge < -0.3 is 10.1 Å². The molecule has 138 valence electrons. The molecule has 0 aliphatic carbocycles. The fourth-order valence-corrected chi connectivity index (χ4v) is 3.54. The number of benzene rings is 2. The highest BCUT2D eigenvalue weighted by atomic mass is 32.1. The van der Waals surface area contributed by atoms with Crippen LogP contribution in [0.5, 0.6) is 5.75 Å². The number of carbonyl (C=O) groups excluding carboxylic acids is 1. The molecule has 6 heteroatoms. The number of anilines is 1. The van der Waals surface area contributed by atoms with Crippen LogP contribution in [0.2, 0.25) is 0 Å². The van der Waals surface area contributed by atoms with Gasteiger partial charge in [0.05, 0.1) is 18.5 Å². The Kier molecular flexibility index (Phi) is 5.12. The molecule has 0 aliphatic heterocycles. The Labute approximate surface area is 166 Å². The Bertz CT molecular complexity index is 1110. The number of nitrogens with zero attached hydrogens (tertiary/aromatic N) is 2. The van der Waals surface area contributed by atoms with E-state index in [1.807, 2.05) is 47.8 Å². The van der Waals surface area contributed by atoms with Crippen LogP contribution in [0.15, 0.2) is 78.3 Å². The van der Waals surface area contributed by atoms with Crippen LogP contribution in [0, 0.1) is 0 Å². The lowest BCUT2D eigenvalue weighted by molar-refractivity contribution is 0.102. The van der Waals surface area contributed by atoms with Gasteiger partial charge in [-0.3, -0.25) is 9.78 Å². The zero-order valence-corrected chi connectivity index (χ0v) is 15.9. The Hall–Kier alpha value is -3.51. The maximum atomic E-state index is 12.5. The molecule has 0 fully saturated rings. The zero-order chi connectivity index (χ0) is 19.3. The number of aromatic nitrogens is 2. The Morgan fingerprint density at radius 2 is 1.89 bits per heavy atom. The summed E-state index contributed by atoms with van der Waals surface area (Å²) in [5, 5.41) is 5.78. The van der Waals surface area contributed by atoms with E-state index >= 15 is 0 Å². The minimum Gasteiger partial charge on any atom is -0.497 e. The van der Waals surface area contributed by atoms with Crippen LogP contribution in [0.25, 0.3) is 22.0 Å². The van der Waals surface area contributed by atoms with Gasteiger partial charge in [0, 0.05) is 28.4 Å². The second-order valence-electron chi connectivity index (χ2n) is 6.02. The average Bonchev–Trinajstić information content (AvgIpc) is 3.25. The lowest BCUT2D eigenvalue weighted by Gasteiger charge is -2.08. The molecule has 4 aromatic rings. The highest BCUT2D eigenvalue weighted by Crippen LogP contribution is 2.29. The van der Waals surface area contributed by atoms with Crippen molar-refractivity contribution in [2.75, 3.05) is 12.4 Å². The largest absolute Gasteiger partial charge is 0.497 e. The van der Waals surface area contributed by atoms with Crippen LogP contribution in [0.1, 0.15) is 10.4 Å². The Morgan fingerprint density at radius 3 is 2.71 bits per heavy atom. The highest BCUT2D eigenvalue weighted by molar-refractivity contribution is 7.13. The summed E-state index contributed by atoms with van der Waals surface area (Å²) < 4.78 is 5.18. The second kappa shape index (κ2) is 8.02. The molecule has 5 nitrogen and oxygen atoms in total. The number of hydrogen-bond donors (Lipinski definition) is 1. The van der Waals surface area contributed by atoms with E-state index in [4.69, 9.17) is 4.74 Å². The first kappa shape index (κ1) is 17.9. The molecule has 1 N–H and O–H groups in total. The van der Waals surface area contributed by atoms with E-state index < -0.39 is 0 Å². The first-order chi connectivity index (χ1) is 13.7. The van der Waals surface area contributed by atoms with Gasteiger partial charge in [0.1, 0.15) is 10.8 Å². The normalized spacial score (nSPS) is 10.5. The van der Waals surface area contributed by atoms with Crippen LogP contribution >= 0.6 is 11.3 Å². The third-order valence-corrected chi connectivity index (χ3v) is 5.00. The quantitative estimate of drug-likeness (QED) is 0.515. The van der Waals surface area contributed by atoms with Crippen LogP contribution in [-0.2, 0) is 0 Å². The van der Waals surface area contributed by atoms with Gasteiger partial charge in [-0.2, -0.15) is 0 Å². The van der Waals surface area contributed by atoms with Gasteiger partial charge in [-0.15, -0.1) is 11.3 Å². The molecule has 28 heavy (non-hydrogen) atoms. The molecule has 0 spiro atoms. The molecule has 1 amide bonds. The van der Waals surface area contributed by atoms with Crippen molar-refractivity contribution in [3.05, 3.63) is 83.9 Å². The van der Waals surface area contributed by atoms with Crippen LogP contribution in [-0.4, -0.2) is 23.0 Å². The predicted molar refractivity (Wildman–Crippen MR) is 112 cm³/mol. The van der Waals surface area contributed by atoms with Gasteiger partial charge in [-0.05, 0) is 42.5 Å². The molecule has 2 aromatic heterocycles. The third kappa shape index (κ3) is 3.92. The van der Waals surface area contributed by atoms with E-state index in [1.165, 1.54) is 0 Å². The van der Waals surface area contributed by atoms with E-state index in [-0.39, 0.29) is 5.91 Å². The van der Waals surface area contributed by atoms with Gasteiger partial charge in [0.15, 0.2) is 0 Å². The fraction of sp³-hybridized carbons (Fsp3) is 0.0455. The third-order valence-electron chi connectivity index (χ3n) is 4.14. The first-order valence-corrected chi connectivity index (χ1v) is 9.54. The Balaban J connectivity index is 1.55. The standard InChI is InChI=1S/C22H17N3O2S/c1-27-18-9-5-7-16(13-18)21(26)24-17-8-4-6-15(12-17)20-14-28-22(25-20)19-10-2-3-11-23-19/h2-14H,1H3,(H,24,26). The lowest BCUT2D eigenvalue weighted by atomic mass is 10.1. The molecule has 0 bridgehead atoms. The monoisotopic (exact) mass is 387 g/mol. The molecule has 0 saturated heterocycles.